The molecule has 0 aliphatic carbocycles. The number of nitrogens with zero attached hydrogens (tertiary/aromatic N) is 4. The van der Waals surface area contributed by atoms with Gasteiger partial charge in [0.25, 0.3) is 5.91 Å². The fraction of sp³-hybridized carbons (Fsp3) is 0.0909. The molecule has 0 unspecified atom stereocenters. The Bertz CT molecular complexity index is 520. The molecular weight excluding hydrogens is 218 g/mol. The fourth-order valence-electron chi connectivity index (χ4n) is 1.34. The van der Waals surface area contributed by atoms with Crippen molar-refractivity contribution < 1.29 is 4.79 Å². The highest BCUT2D eigenvalue weighted by Gasteiger charge is 2.06. The molecule has 0 aliphatic heterocycles. The zero-order valence-electron chi connectivity index (χ0n) is 9.08. The van der Waals surface area contributed by atoms with Crippen LogP contribution < -0.4 is 5.32 Å². The van der Waals surface area contributed by atoms with Crippen LogP contribution in [0.5, 0.6) is 0 Å². The van der Waals surface area contributed by atoms with Gasteiger partial charge < -0.3 is 5.32 Å². The Morgan fingerprint density at radius 3 is 3.12 bits per heavy atom. The zero-order chi connectivity index (χ0) is 12.1. The molecule has 1 N–H and O–H groups in total. The van der Waals surface area contributed by atoms with Gasteiger partial charge in [0.15, 0.2) is 0 Å². The Labute approximate surface area is 98.0 Å². The van der Waals surface area contributed by atoms with Crippen LogP contribution in [0.25, 0.3) is 5.69 Å². The van der Waals surface area contributed by atoms with Gasteiger partial charge in [-0.1, -0.05) is 12.1 Å². The van der Waals surface area contributed by atoms with Crippen LogP contribution in [-0.4, -0.2) is 32.7 Å². The van der Waals surface area contributed by atoms with Crippen LogP contribution >= 0.6 is 0 Å². The quantitative estimate of drug-likeness (QED) is 0.778. The van der Waals surface area contributed by atoms with Gasteiger partial charge >= 0.3 is 0 Å². The molecule has 0 bridgehead atoms. The zero-order valence-corrected chi connectivity index (χ0v) is 9.08. The summed E-state index contributed by atoms with van der Waals surface area (Å²) in [5, 5.41) is 13.5. The maximum atomic E-state index is 11.7. The van der Waals surface area contributed by atoms with Crippen molar-refractivity contribution in [1.82, 2.24) is 25.5 Å². The molecular formula is C11H11N5O. The summed E-state index contributed by atoms with van der Waals surface area (Å²) >= 11 is 0. The molecule has 0 atom stereocenters. The number of benzene rings is 1. The predicted molar refractivity (Wildman–Crippen MR) is 61.7 cm³/mol. The maximum absolute atomic E-state index is 11.7. The minimum atomic E-state index is -0.153. The first kappa shape index (κ1) is 11.0. The summed E-state index contributed by atoms with van der Waals surface area (Å²) in [6, 6.07) is 7.04. The van der Waals surface area contributed by atoms with Gasteiger partial charge in [-0.25, -0.2) is 4.68 Å². The molecule has 86 valence electrons. The molecule has 1 heterocycles. The average molecular weight is 229 g/mol. The Morgan fingerprint density at radius 1 is 1.53 bits per heavy atom. The SMILES string of the molecule is C=CCNC(=O)c1cccc(-n2cnnn2)c1. The maximum Gasteiger partial charge on any atom is 0.251 e. The lowest BCUT2D eigenvalue weighted by molar-refractivity contribution is 0.0958. The van der Waals surface area contributed by atoms with Crippen LogP contribution in [0.15, 0.2) is 43.2 Å². The first-order valence-corrected chi connectivity index (χ1v) is 5.04. The van der Waals surface area contributed by atoms with Gasteiger partial charge in [0.1, 0.15) is 6.33 Å². The van der Waals surface area contributed by atoms with Gasteiger partial charge in [-0.3, -0.25) is 4.79 Å². The van der Waals surface area contributed by atoms with Crippen molar-refractivity contribution in [2.45, 2.75) is 0 Å². The van der Waals surface area contributed by atoms with Gasteiger partial charge in [0.2, 0.25) is 0 Å². The molecule has 0 fully saturated rings. The molecule has 6 heteroatoms. The van der Waals surface area contributed by atoms with E-state index in [9.17, 15) is 4.79 Å². The molecule has 2 aromatic rings. The summed E-state index contributed by atoms with van der Waals surface area (Å²) in [4.78, 5) is 11.7. The Hall–Kier alpha value is -2.50. The number of amides is 1. The molecule has 2 rings (SSSR count). The van der Waals surface area contributed by atoms with Crippen molar-refractivity contribution in [2.24, 2.45) is 0 Å². The van der Waals surface area contributed by atoms with E-state index in [1.54, 1.807) is 24.3 Å². The minimum absolute atomic E-state index is 0.153. The number of carbonyl (C=O) groups excluding carboxylic acids is 1. The van der Waals surface area contributed by atoms with E-state index in [0.717, 1.165) is 5.69 Å². The number of carbonyl (C=O) groups is 1. The number of aromatic nitrogens is 4. The monoisotopic (exact) mass is 229 g/mol. The lowest BCUT2D eigenvalue weighted by atomic mass is 10.2. The van der Waals surface area contributed by atoms with E-state index < -0.39 is 0 Å². The third-order valence-electron chi connectivity index (χ3n) is 2.13. The third-order valence-corrected chi connectivity index (χ3v) is 2.13. The topological polar surface area (TPSA) is 72.7 Å². The summed E-state index contributed by atoms with van der Waals surface area (Å²) in [5.41, 5.74) is 1.29. The highest BCUT2D eigenvalue weighted by Crippen LogP contribution is 2.08. The molecule has 0 spiro atoms. The van der Waals surface area contributed by atoms with Crippen molar-refractivity contribution in [3.8, 4) is 5.69 Å². The number of rotatable bonds is 4. The number of tetrazole rings is 1. The lowest BCUT2D eigenvalue weighted by Crippen LogP contribution is -2.23. The Kier molecular flexibility index (Phi) is 3.25. The molecule has 17 heavy (non-hydrogen) atoms. The van der Waals surface area contributed by atoms with E-state index in [0.29, 0.717) is 12.1 Å². The number of hydrogen-bond donors (Lipinski definition) is 1. The summed E-state index contributed by atoms with van der Waals surface area (Å²) in [6.07, 6.45) is 3.10. The highest BCUT2D eigenvalue weighted by molar-refractivity contribution is 5.94. The number of nitrogens with one attached hydrogen (secondary N) is 1. The standard InChI is InChI=1S/C11H11N5O/c1-2-6-12-11(17)9-4-3-5-10(7-9)16-8-13-14-15-16/h2-5,7-8H,1,6H2,(H,12,17). The summed E-state index contributed by atoms with van der Waals surface area (Å²) in [7, 11) is 0. The number of hydrogen-bond acceptors (Lipinski definition) is 4. The first-order chi connectivity index (χ1) is 8.31. The van der Waals surface area contributed by atoms with E-state index in [4.69, 9.17) is 0 Å². The van der Waals surface area contributed by atoms with Gasteiger partial charge in [0, 0.05) is 12.1 Å². The van der Waals surface area contributed by atoms with Crippen molar-refractivity contribution >= 4 is 5.91 Å². The van der Waals surface area contributed by atoms with Crippen molar-refractivity contribution in [3.05, 3.63) is 48.8 Å². The van der Waals surface area contributed by atoms with Gasteiger partial charge in [-0.05, 0) is 28.6 Å². The van der Waals surface area contributed by atoms with E-state index in [1.807, 2.05) is 6.07 Å². The van der Waals surface area contributed by atoms with Crippen LogP contribution in [0.2, 0.25) is 0 Å². The lowest BCUT2D eigenvalue weighted by Gasteiger charge is -2.04. The average Bonchev–Trinajstić information content (AvgIpc) is 2.90. The molecule has 0 saturated carbocycles. The van der Waals surface area contributed by atoms with Crippen LogP contribution in [0, 0.1) is 0 Å². The second-order valence-corrected chi connectivity index (χ2v) is 3.30. The molecule has 1 aromatic heterocycles. The third kappa shape index (κ3) is 2.54. The van der Waals surface area contributed by atoms with E-state index in [2.05, 4.69) is 27.4 Å². The molecule has 0 saturated heterocycles. The predicted octanol–water partition coefficient (Wildman–Crippen LogP) is 0.578. The van der Waals surface area contributed by atoms with Gasteiger partial charge in [-0.15, -0.1) is 11.7 Å². The van der Waals surface area contributed by atoms with Crippen LogP contribution in [0.3, 0.4) is 0 Å². The van der Waals surface area contributed by atoms with Crippen molar-refractivity contribution in [2.75, 3.05) is 6.54 Å². The van der Waals surface area contributed by atoms with Crippen molar-refractivity contribution in [1.29, 1.82) is 0 Å². The van der Waals surface area contributed by atoms with Crippen LogP contribution in [-0.2, 0) is 0 Å². The minimum Gasteiger partial charge on any atom is -0.349 e. The Morgan fingerprint density at radius 2 is 2.41 bits per heavy atom. The smallest absolute Gasteiger partial charge is 0.251 e. The summed E-state index contributed by atoms with van der Waals surface area (Å²) in [5.74, 6) is -0.153. The van der Waals surface area contributed by atoms with Gasteiger partial charge in [0.05, 0.1) is 5.69 Å². The highest BCUT2D eigenvalue weighted by atomic mass is 16.1. The first-order valence-electron chi connectivity index (χ1n) is 5.04. The molecule has 0 radical (unpaired) electrons. The second-order valence-electron chi connectivity index (χ2n) is 3.30. The van der Waals surface area contributed by atoms with Crippen molar-refractivity contribution in [3.63, 3.8) is 0 Å². The second kappa shape index (κ2) is 5.02. The van der Waals surface area contributed by atoms with E-state index >= 15 is 0 Å². The van der Waals surface area contributed by atoms with E-state index in [1.165, 1.54) is 11.0 Å². The Balaban J connectivity index is 2.22. The molecule has 1 aromatic carbocycles. The van der Waals surface area contributed by atoms with E-state index in [-0.39, 0.29) is 5.91 Å². The van der Waals surface area contributed by atoms with Gasteiger partial charge in [-0.2, -0.15) is 0 Å². The normalized spacial score (nSPS) is 9.88. The summed E-state index contributed by atoms with van der Waals surface area (Å²) < 4.78 is 1.49. The van der Waals surface area contributed by atoms with Crippen LogP contribution in [0.1, 0.15) is 10.4 Å². The molecule has 0 aliphatic rings. The van der Waals surface area contributed by atoms with Crippen LogP contribution in [0.4, 0.5) is 0 Å². The molecule has 1 amide bonds. The fourth-order valence-corrected chi connectivity index (χ4v) is 1.34. The molecule has 6 nitrogen and oxygen atoms in total. The largest absolute Gasteiger partial charge is 0.349 e. The summed E-state index contributed by atoms with van der Waals surface area (Å²) in [6.45, 7) is 3.98.